The maximum absolute atomic E-state index is 13.3. The van der Waals surface area contributed by atoms with E-state index in [1.807, 2.05) is 0 Å². The molecule has 3 aromatic carbocycles. The second-order valence-electron chi connectivity index (χ2n) is 10.8. The van der Waals surface area contributed by atoms with E-state index in [9.17, 15) is 35.1 Å². The molecule has 1 fully saturated rings. The second-order valence-corrected chi connectivity index (χ2v) is 11.6. The number of halogens is 1. The Morgan fingerprint density at radius 3 is 2.36 bits per heavy atom. The Labute approximate surface area is 259 Å². The summed E-state index contributed by atoms with van der Waals surface area (Å²) in [6.07, 6.45) is -10.0. The summed E-state index contributed by atoms with van der Waals surface area (Å²) < 4.78 is 40.0. The fourth-order valence-electron chi connectivity index (χ4n) is 5.98. The van der Waals surface area contributed by atoms with Crippen LogP contribution in [0.1, 0.15) is 6.92 Å². The predicted octanol–water partition coefficient (Wildman–Crippen LogP) is 2.47. The van der Waals surface area contributed by atoms with Crippen molar-refractivity contribution in [3.05, 3.63) is 67.7 Å². The lowest BCUT2D eigenvalue weighted by atomic mass is 9.97. The van der Waals surface area contributed by atoms with Gasteiger partial charge in [0.15, 0.2) is 23.7 Å². The Morgan fingerprint density at radius 2 is 1.60 bits per heavy atom. The van der Waals surface area contributed by atoms with Crippen molar-refractivity contribution in [2.45, 2.75) is 56.1 Å². The van der Waals surface area contributed by atoms with E-state index in [2.05, 4.69) is 15.9 Å². The van der Waals surface area contributed by atoms with Crippen LogP contribution < -0.4 is 16.0 Å². The van der Waals surface area contributed by atoms with Crippen LogP contribution in [0.3, 0.4) is 0 Å². The van der Waals surface area contributed by atoms with Crippen LogP contribution in [0, 0.1) is 0 Å². The molecular formula is C30H25BrO14. The molecule has 45 heavy (non-hydrogen) atoms. The van der Waals surface area contributed by atoms with Gasteiger partial charge >= 0.3 is 11.3 Å². The zero-order chi connectivity index (χ0) is 31.9. The van der Waals surface area contributed by atoms with Crippen molar-refractivity contribution in [2.24, 2.45) is 0 Å². The molecule has 236 valence electrons. The number of hydrogen-bond donors (Lipinski definition) is 5. The largest absolute Gasteiger partial charge is 0.506 e. The summed E-state index contributed by atoms with van der Waals surface area (Å²) in [5.41, 5.74) is -1.62. The number of aliphatic hydroxyl groups is 4. The summed E-state index contributed by atoms with van der Waals surface area (Å²) in [4.78, 5) is 26.3. The zero-order valence-electron chi connectivity index (χ0n) is 23.4. The standard InChI is InChI=1S/C30H25BrO14/c1-9-20(33)25(39-2)23(36)29(41-9)45-26-22(35)12(32)8-40-30(26)43-13-5-3-4-10-15(13)24-18-17-14(42-28(38)19(18)21(10)34)7-6-11(31)16(17)27(37)44-24/h3-9,20,22-23,25-26,29-30,32-36H,1-2H3/t9?,20-,22-,23+,25?,26?,29+,30-/m0/s1. The predicted molar refractivity (Wildman–Crippen MR) is 158 cm³/mol. The van der Waals surface area contributed by atoms with Crippen LogP contribution in [0.2, 0.25) is 0 Å². The Bertz CT molecular complexity index is 2100. The fourth-order valence-corrected chi connectivity index (χ4v) is 6.47. The Kier molecular flexibility index (Phi) is 7.16. The van der Waals surface area contributed by atoms with Crippen molar-refractivity contribution in [1.82, 2.24) is 0 Å². The molecule has 4 heterocycles. The normalized spacial score (nSPS) is 29.0. The average Bonchev–Trinajstić information content (AvgIpc) is 3.01. The summed E-state index contributed by atoms with van der Waals surface area (Å²) >= 11 is 3.34. The smallest absolute Gasteiger partial charge is 0.348 e. The molecule has 5 aromatic rings. The molecule has 2 aliphatic heterocycles. The van der Waals surface area contributed by atoms with E-state index in [-0.39, 0.29) is 49.2 Å². The quantitative estimate of drug-likeness (QED) is 0.102. The number of phenols is 1. The number of phenolic OH excluding ortho intramolecular Hbond substituents is 1. The van der Waals surface area contributed by atoms with Crippen molar-refractivity contribution >= 4 is 59.4 Å². The van der Waals surface area contributed by atoms with Gasteiger partial charge in [0, 0.05) is 27.7 Å². The van der Waals surface area contributed by atoms with Gasteiger partial charge in [0.1, 0.15) is 53.1 Å². The summed E-state index contributed by atoms with van der Waals surface area (Å²) in [6, 6.07) is 7.47. The number of aromatic hydroxyl groups is 1. The minimum atomic E-state index is -1.73. The van der Waals surface area contributed by atoms with Gasteiger partial charge in [-0.3, -0.25) is 0 Å². The Morgan fingerprint density at radius 1 is 0.844 bits per heavy atom. The van der Waals surface area contributed by atoms with E-state index in [0.717, 1.165) is 6.26 Å². The van der Waals surface area contributed by atoms with E-state index in [1.54, 1.807) is 0 Å². The SMILES string of the molecule is COC1[C@@H](O)C(C)O[C@H](OC2[C@H](Oc3cccc4c(O)c5c(=O)oc6ccc(Br)c7c(=O)oc(c34)c5c67)OC=C(O)[C@@H]2O)[C@@H]1O. The molecule has 8 atom stereocenters. The van der Waals surface area contributed by atoms with Gasteiger partial charge < -0.3 is 58.1 Å². The highest BCUT2D eigenvalue weighted by Crippen LogP contribution is 2.45. The minimum Gasteiger partial charge on any atom is -0.506 e. The van der Waals surface area contributed by atoms with Gasteiger partial charge in [-0.2, -0.15) is 0 Å². The van der Waals surface area contributed by atoms with Gasteiger partial charge in [0.2, 0.25) is 0 Å². The first-order valence-corrected chi connectivity index (χ1v) is 14.5. The highest BCUT2D eigenvalue weighted by atomic mass is 79.9. The van der Waals surface area contributed by atoms with Gasteiger partial charge in [0.25, 0.3) is 6.29 Å². The molecule has 0 saturated carbocycles. The first-order chi connectivity index (χ1) is 21.5. The second kappa shape index (κ2) is 10.8. The molecule has 0 aliphatic carbocycles. The van der Waals surface area contributed by atoms with Gasteiger partial charge in [-0.1, -0.05) is 12.1 Å². The van der Waals surface area contributed by atoms with Crippen LogP contribution in [0.15, 0.2) is 65.2 Å². The van der Waals surface area contributed by atoms with Crippen LogP contribution in [0.5, 0.6) is 11.5 Å². The van der Waals surface area contributed by atoms with Crippen LogP contribution in [-0.4, -0.2) is 81.8 Å². The number of methoxy groups -OCH3 is 1. The third-order valence-corrected chi connectivity index (χ3v) is 8.85. The molecule has 2 aliphatic rings. The van der Waals surface area contributed by atoms with Crippen molar-refractivity contribution < 1.29 is 58.1 Å². The van der Waals surface area contributed by atoms with Crippen molar-refractivity contribution in [3.63, 3.8) is 0 Å². The zero-order valence-corrected chi connectivity index (χ0v) is 25.0. The van der Waals surface area contributed by atoms with E-state index in [0.29, 0.717) is 4.47 Å². The lowest BCUT2D eigenvalue weighted by Gasteiger charge is -2.43. The van der Waals surface area contributed by atoms with E-state index < -0.39 is 72.0 Å². The van der Waals surface area contributed by atoms with Gasteiger partial charge in [-0.25, -0.2) is 9.59 Å². The molecule has 5 N–H and O–H groups in total. The molecule has 1 saturated heterocycles. The number of benzene rings is 3. The van der Waals surface area contributed by atoms with E-state index in [4.69, 9.17) is 32.5 Å². The lowest BCUT2D eigenvalue weighted by molar-refractivity contribution is -0.330. The van der Waals surface area contributed by atoms with Gasteiger partial charge in [-0.15, -0.1) is 0 Å². The topological polar surface area (TPSA) is 208 Å². The summed E-state index contributed by atoms with van der Waals surface area (Å²) in [6.45, 7) is 1.53. The number of ether oxygens (including phenoxy) is 5. The summed E-state index contributed by atoms with van der Waals surface area (Å²) in [5, 5.41) is 54.0. The maximum atomic E-state index is 13.3. The molecule has 0 amide bonds. The van der Waals surface area contributed by atoms with Crippen molar-refractivity contribution in [2.75, 3.05) is 7.11 Å². The number of aliphatic hydroxyl groups excluding tert-OH is 4. The van der Waals surface area contributed by atoms with Crippen LogP contribution in [-0.2, 0) is 18.9 Å². The van der Waals surface area contributed by atoms with E-state index >= 15 is 0 Å². The molecule has 15 heteroatoms. The van der Waals surface area contributed by atoms with Crippen molar-refractivity contribution in [3.8, 4) is 11.5 Å². The third kappa shape index (κ3) is 4.46. The molecule has 7 rings (SSSR count). The average molecular weight is 689 g/mol. The highest BCUT2D eigenvalue weighted by molar-refractivity contribution is 9.10. The number of rotatable bonds is 5. The van der Waals surface area contributed by atoms with Gasteiger partial charge in [0.05, 0.1) is 16.9 Å². The Balaban J connectivity index is 1.38. The Hall–Kier alpha value is -3.96. The summed E-state index contributed by atoms with van der Waals surface area (Å²) in [7, 11) is 1.29. The van der Waals surface area contributed by atoms with Crippen molar-refractivity contribution in [1.29, 1.82) is 0 Å². The summed E-state index contributed by atoms with van der Waals surface area (Å²) in [5.74, 6) is -1.10. The first-order valence-electron chi connectivity index (χ1n) is 13.7. The molecule has 2 aromatic heterocycles. The molecule has 0 bridgehead atoms. The number of hydrogen-bond acceptors (Lipinski definition) is 14. The van der Waals surface area contributed by atoms with Crippen LogP contribution in [0.25, 0.3) is 43.5 Å². The highest BCUT2D eigenvalue weighted by Gasteiger charge is 2.48. The molecule has 0 radical (unpaired) electrons. The van der Waals surface area contributed by atoms with Gasteiger partial charge in [-0.05, 0) is 41.1 Å². The van der Waals surface area contributed by atoms with Crippen LogP contribution in [0.4, 0.5) is 0 Å². The van der Waals surface area contributed by atoms with Crippen LogP contribution >= 0.6 is 15.9 Å². The lowest BCUT2D eigenvalue weighted by Crippen LogP contribution is -2.60. The number of fused-ring (bicyclic) bond motifs is 2. The molecule has 3 unspecified atom stereocenters. The minimum absolute atomic E-state index is 0.0309. The first kappa shape index (κ1) is 29.7. The molecule has 0 spiro atoms. The monoisotopic (exact) mass is 688 g/mol. The fraction of sp³-hybridized carbons (Fsp3) is 0.333. The molecule has 14 nitrogen and oxygen atoms in total. The third-order valence-electron chi connectivity index (χ3n) is 8.19. The molecular weight excluding hydrogens is 664 g/mol. The maximum Gasteiger partial charge on any atom is 0.348 e. The van der Waals surface area contributed by atoms with E-state index in [1.165, 1.54) is 44.4 Å².